The number of methoxy groups -OCH3 is 2. The van der Waals surface area contributed by atoms with Crippen LogP contribution in [-0.2, 0) is 14.2 Å². The van der Waals surface area contributed by atoms with Gasteiger partial charge in [-0.05, 0) is 19.2 Å². The Morgan fingerprint density at radius 2 is 1.88 bits per heavy atom. The first-order valence-electron chi connectivity index (χ1n) is 11.2. The standard InChI is InChI=1S/C23H33FN6O3/c1-28(4-7-31-2)21-14-30(15-22(21)32-3)20-11-18(24)17(10-19(20)25)16-12-26-23(27-13-16)29-5-8-33-9-6-29/h10-13,21-22H,4-9,14-15,25H2,1-3H3/t21-,22-/m0/s1. The van der Waals surface area contributed by atoms with Gasteiger partial charge in [-0.1, -0.05) is 0 Å². The number of benzene rings is 1. The third kappa shape index (κ3) is 5.19. The van der Waals surface area contributed by atoms with Crippen LogP contribution in [0.1, 0.15) is 0 Å². The van der Waals surface area contributed by atoms with Gasteiger partial charge < -0.3 is 29.7 Å². The third-order valence-electron chi connectivity index (χ3n) is 6.45. The van der Waals surface area contributed by atoms with Crippen LogP contribution in [0.15, 0.2) is 24.5 Å². The van der Waals surface area contributed by atoms with Gasteiger partial charge in [0.25, 0.3) is 0 Å². The summed E-state index contributed by atoms with van der Waals surface area (Å²) in [5, 5.41) is 0. The number of nitrogen functional groups attached to an aromatic ring is 1. The lowest BCUT2D eigenvalue weighted by Crippen LogP contribution is -2.43. The molecule has 0 spiro atoms. The molecule has 4 rings (SSSR count). The first kappa shape index (κ1) is 23.6. The lowest BCUT2D eigenvalue weighted by atomic mass is 10.1. The zero-order valence-electron chi connectivity index (χ0n) is 19.5. The molecule has 180 valence electrons. The highest BCUT2D eigenvalue weighted by molar-refractivity contribution is 5.77. The largest absolute Gasteiger partial charge is 0.397 e. The number of rotatable bonds is 8. The van der Waals surface area contributed by atoms with Crippen LogP contribution in [0, 0.1) is 5.82 Å². The average Bonchev–Trinajstić information content (AvgIpc) is 3.29. The van der Waals surface area contributed by atoms with Gasteiger partial charge in [-0.25, -0.2) is 14.4 Å². The van der Waals surface area contributed by atoms with E-state index in [1.807, 2.05) is 7.05 Å². The zero-order chi connectivity index (χ0) is 23.4. The van der Waals surface area contributed by atoms with Gasteiger partial charge in [-0.3, -0.25) is 4.90 Å². The monoisotopic (exact) mass is 460 g/mol. The Morgan fingerprint density at radius 3 is 2.55 bits per heavy atom. The highest BCUT2D eigenvalue weighted by Crippen LogP contribution is 2.35. The Kier molecular flexibility index (Phi) is 7.59. The molecule has 10 heteroatoms. The van der Waals surface area contributed by atoms with Crippen molar-refractivity contribution < 1.29 is 18.6 Å². The molecule has 1 aromatic heterocycles. The summed E-state index contributed by atoms with van der Waals surface area (Å²) in [4.78, 5) is 15.2. The summed E-state index contributed by atoms with van der Waals surface area (Å²) in [6, 6.07) is 3.33. The molecule has 2 N–H and O–H groups in total. The first-order chi connectivity index (χ1) is 16.0. The quantitative estimate of drug-likeness (QED) is 0.589. The summed E-state index contributed by atoms with van der Waals surface area (Å²) in [6.07, 6.45) is 3.29. The maximum Gasteiger partial charge on any atom is 0.225 e. The second kappa shape index (κ2) is 10.6. The summed E-state index contributed by atoms with van der Waals surface area (Å²) >= 11 is 0. The van der Waals surface area contributed by atoms with Crippen LogP contribution in [0.2, 0.25) is 0 Å². The molecular weight excluding hydrogens is 427 g/mol. The molecule has 0 aliphatic carbocycles. The first-order valence-corrected chi connectivity index (χ1v) is 11.2. The van der Waals surface area contributed by atoms with E-state index in [0.717, 1.165) is 19.6 Å². The fourth-order valence-corrected chi connectivity index (χ4v) is 4.47. The van der Waals surface area contributed by atoms with Crippen molar-refractivity contribution in [3.05, 3.63) is 30.3 Å². The summed E-state index contributed by atoms with van der Waals surface area (Å²) in [7, 11) is 5.45. The van der Waals surface area contributed by atoms with E-state index in [1.165, 1.54) is 6.07 Å². The molecule has 0 saturated carbocycles. The van der Waals surface area contributed by atoms with E-state index in [0.29, 0.717) is 61.4 Å². The molecule has 33 heavy (non-hydrogen) atoms. The number of aromatic nitrogens is 2. The minimum absolute atomic E-state index is 0.00451. The molecule has 0 amide bonds. The molecule has 2 aliphatic heterocycles. The van der Waals surface area contributed by atoms with Crippen molar-refractivity contribution in [2.24, 2.45) is 0 Å². The molecule has 2 aliphatic rings. The lowest BCUT2D eigenvalue weighted by Gasteiger charge is -2.27. The van der Waals surface area contributed by atoms with Crippen molar-refractivity contribution in [2.75, 3.05) is 89.3 Å². The molecule has 0 bridgehead atoms. The van der Waals surface area contributed by atoms with Gasteiger partial charge in [-0.15, -0.1) is 0 Å². The molecule has 2 saturated heterocycles. The molecule has 0 unspecified atom stereocenters. The summed E-state index contributed by atoms with van der Waals surface area (Å²) < 4.78 is 31.5. The molecular formula is C23H33FN6O3. The average molecular weight is 461 g/mol. The van der Waals surface area contributed by atoms with Crippen LogP contribution in [-0.4, -0.2) is 101 Å². The van der Waals surface area contributed by atoms with Crippen LogP contribution in [0.3, 0.4) is 0 Å². The van der Waals surface area contributed by atoms with E-state index in [-0.39, 0.29) is 18.0 Å². The van der Waals surface area contributed by atoms with Crippen molar-refractivity contribution in [1.82, 2.24) is 14.9 Å². The van der Waals surface area contributed by atoms with E-state index in [9.17, 15) is 0 Å². The second-order valence-electron chi connectivity index (χ2n) is 8.48. The van der Waals surface area contributed by atoms with Crippen LogP contribution in [0.5, 0.6) is 0 Å². The zero-order valence-corrected chi connectivity index (χ0v) is 19.5. The lowest BCUT2D eigenvalue weighted by molar-refractivity contribution is 0.0442. The van der Waals surface area contributed by atoms with Gasteiger partial charge in [-0.2, -0.15) is 0 Å². The Balaban J connectivity index is 1.51. The van der Waals surface area contributed by atoms with Gasteiger partial charge in [0.1, 0.15) is 5.82 Å². The van der Waals surface area contributed by atoms with Crippen LogP contribution in [0.25, 0.3) is 11.1 Å². The normalized spacial score (nSPS) is 21.2. The van der Waals surface area contributed by atoms with Crippen molar-refractivity contribution in [1.29, 1.82) is 0 Å². The van der Waals surface area contributed by atoms with E-state index in [1.54, 1.807) is 32.7 Å². The number of hydrogen-bond acceptors (Lipinski definition) is 9. The second-order valence-corrected chi connectivity index (χ2v) is 8.48. The molecule has 9 nitrogen and oxygen atoms in total. The number of halogens is 1. The van der Waals surface area contributed by atoms with E-state index in [4.69, 9.17) is 19.9 Å². The molecule has 2 fully saturated rings. The third-order valence-corrected chi connectivity index (χ3v) is 6.45. The van der Waals surface area contributed by atoms with Gasteiger partial charge in [0.05, 0.1) is 43.3 Å². The summed E-state index contributed by atoms with van der Waals surface area (Å²) in [5.41, 5.74) is 8.57. The SMILES string of the molecule is COCCN(C)[C@H]1CN(c2cc(F)c(-c3cnc(N4CCOCC4)nc3)cc2N)C[C@@H]1OC. The van der Waals surface area contributed by atoms with E-state index in [2.05, 4.69) is 24.7 Å². The van der Waals surface area contributed by atoms with E-state index < -0.39 is 0 Å². The predicted molar refractivity (Wildman–Crippen MR) is 126 cm³/mol. The maximum absolute atomic E-state index is 15.2. The van der Waals surface area contributed by atoms with Gasteiger partial charge in [0.2, 0.25) is 5.95 Å². The summed E-state index contributed by atoms with van der Waals surface area (Å²) in [5.74, 6) is 0.269. The number of anilines is 3. The Hall–Kier alpha value is -2.53. The smallest absolute Gasteiger partial charge is 0.225 e. The van der Waals surface area contributed by atoms with Crippen molar-refractivity contribution in [3.63, 3.8) is 0 Å². The fraction of sp³-hybridized carbons (Fsp3) is 0.565. The topological polar surface area (TPSA) is 89.2 Å². The number of ether oxygens (including phenoxy) is 3. The van der Waals surface area contributed by atoms with Crippen molar-refractivity contribution >= 4 is 17.3 Å². The Morgan fingerprint density at radius 1 is 1.15 bits per heavy atom. The minimum Gasteiger partial charge on any atom is -0.397 e. The van der Waals surface area contributed by atoms with Crippen LogP contribution >= 0.6 is 0 Å². The maximum atomic E-state index is 15.2. The molecule has 2 aromatic rings. The molecule has 0 radical (unpaired) electrons. The van der Waals surface area contributed by atoms with Crippen LogP contribution < -0.4 is 15.5 Å². The van der Waals surface area contributed by atoms with E-state index >= 15 is 4.39 Å². The molecule has 3 heterocycles. The van der Waals surface area contributed by atoms with Gasteiger partial charge in [0.15, 0.2) is 0 Å². The number of nitrogens with two attached hydrogens (primary N) is 1. The number of likely N-dealkylation sites (N-methyl/N-ethyl adjacent to an activating group) is 1. The van der Waals surface area contributed by atoms with Crippen molar-refractivity contribution in [3.8, 4) is 11.1 Å². The highest BCUT2D eigenvalue weighted by Gasteiger charge is 2.36. The minimum atomic E-state index is -0.355. The number of nitrogens with zero attached hydrogens (tertiary/aromatic N) is 5. The van der Waals surface area contributed by atoms with Gasteiger partial charge >= 0.3 is 0 Å². The highest BCUT2D eigenvalue weighted by atomic mass is 19.1. The predicted octanol–water partition coefficient (Wildman–Crippen LogP) is 1.48. The Bertz CT molecular complexity index is 925. The molecule has 2 atom stereocenters. The van der Waals surface area contributed by atoms with Crippen molar-refractivity contribution in [2.45, 2.75) is 12.1 Å². The molecule has 1 aromatic carbocycles. The fourth-order valence-electron chi connectivity index (χ4n) is 4.47. The number of hydrogen-bond donors (Lipinski definition) is 1. The Labute approximate surface area is 194 Å². The number of morpholine rings is 1. The van der Waals surface area contributed by atoms with Crippen LogP contribution in [0.4, 0.5) is 21.7 Å². The summed E-state index contributed by atoms with van der Waals surface area (Å²) in [6.45, 7) is 5.56. The van der Waals surface area contributed by atoms with Gasteiger partial charge in [0, 0.05) is 70.5 Å².